The van der Waals surface area contributed by atoms with Gasteiger partial charge in [-0.1, -0.05) is 12.8 Å². The summed E-state index contributed by atoms with van der Waals surface area (Å²) in [4.78, 5) is 8.28. The molecule has 1 aliphatic rings. The van der Waals surface area contributed by atoms with Crippen LogP contribution in [0.1, 0.15) is 31.2 Å². The lowest BCUT2D eigenvalue weighted by Gasteiger charge is -2.29. The summed E-state index contributed by atoms with van der Waals surface area (Å²) in [6.07, 6.45) is -0.268. The smallest absolute Gasteiger partial charge is 0.391 e. The third kappa shape index (κ3) is 3.46. The predicted octanol–water partition coefficient (Wildman–Crippen LogP) is 3.75. The largest absolute Gasteiger partial charge is 0.418 e. The van der Waals surface area contributed by atoms with E-state index in [-0.39, 0.29) is 23.2 Å². The van der Waals surface area contributed by atoms with Crippen molar-refractivity contribution in [2.75, 3.05) is 5.32 Å². The van der Waals surface area contributed by atoms with E-state index in [1.165, 1.54) is 12.3 Å². The second-order valence-corrected chi connectivity index (χ2v) is 6.66. The Morgan fingerprint density at radius 3 is 2.70 bits per heavy atom. The van der Waals surface area contributed by atoms with E-state index in [1.807, 2.05) is 0 Å². The van der Waals surface area contributed by atoms with E-state index in [0.717, 1.165) is 25.3 Å². The number of fused-ring (bicyclic) bond motifs is 1. The molecule has 0 aliphatic heterocycles. The van der Waals surface area contributed by atoms with Gasteiger partial charge in [-0.25, -0.2) is 9.97 Å². The third-order valence-corrected chi connectivity index (χ3v) is 4.82. The Hall–Kier alpha value is -2.68. The lowest BCUT2D eigenvalue weighted by molar-refractivity contribution is -0.137. The van der Waals surface area contributed by atoms with Gasteiger partial charge in [0, 0.05) is 11.6 Å². The van der Waals surface area contributed by atoms with Crippen LogP contribution in [-0.4, -0.2) is 37.4 Å². The van der Waals surface area contributed by atoms with Crippen LogP contribution in [0.25, 0.3) is 22.4 Å². The highest BCUT2D eigenvalue weighted by Gasteiger charge is 2.36. The van der Waals surface area contributed by atoms with Crippen LogP contribution in [0.3, 0.4) is 0 Å². The van der Waals surface area contributed by atoms with Crippen molar-refractivity contribution in [1.29, 1.82) is 0 Å². The van der Waals surface area contributed by atoms with Crippen LogP contribution in [0.5, 0.6) is 0 Å². The lowest BCUT2D eigenvalue weighted by Crippen LogP contribution is -2.36. The molecule has 1 saturated carbocycles. The van der Waals surface area contributed by atoms with Gasteiger partial charge in [0.15, 0.2) is 5.65 Å². The zero-order valence-electron chi connectivity index (χ0n) is 14.3. The molecule has 0 saturated heterocycles. The van der Waals surface area contributed by atoms with Gasteiger partial charge in [-0.05, 0) is 37.1 Å². The van der Waals surface area contributed by atoms with Crippen LogP contribution >= 0.6 is 0 Å². The van der Waals surface area contributed by atoms with Crippen LogP contribution < -0.4 is 5.32 Å². The van der Waals surface area contributed by atoms with E-state index in [0.29, 0.717) is 17.5 Å². The number of alkyl halides is 3. The van der Waals surface area contributed by atoms with Crippen molar-refractivity contribution >= 4 is 16.9 Å². The Morgan fingerprint density at radius 2 is 1.93 bits per heavy atom. The van der Waals surface area contributed by atoms with Crippen molar-refractivity contribution in [2.45, 2.75) is 44.0 Å². The molecule has 2 atom stereocenters. The molecule has 1 fully saturated rings. The van der Waals surface area contributed by atoms with Gasteiger partial charge in [0.2, 0.25) is 0 Å². The van der Waals surface area contributed by atoms with Crippen LogP contribution in [0.2, 0.25) is 0 Å². The highest BCUT2D eigenvalue weighted by atomic mass is 19.4. The molecule has 0 amide bonds. The van der Waals surface area contributed by atoms with Gasteiger partial charge >= 0.3 is 6.18 Å². The molecule has 4 rings (SSSR count). The Labute approximate surface area is 152 Å². The molecule has 0 radical (unpaired) electrons. The Morgan fingerprint density at radius 1 is 1.11 bits per heavy atom. The number of hydrogen-bond donors (Lipinski definition) is 3. The monoisotopic (exact) mass is 377 g/mol. The second-order valence-electron chi connectivity index (χ2n) is 6.66. The molecule has 142 valence electrons. The first kappa shape index (κ1) is 17.7. The first-order valence-corrected chi connectivity index (χ1v) is 8.76. The van der Waals surface area contributed by atoms with E-state index in [1.54, 1.807) is 12.1 Å². The van der Waals surface area contributed by atoms with Gasteiger partial charge in [0.25, 0.3) is 0 Å². The Balaban J connectivity index is 1.78. The summed E-state index contributed by atoms with van der Waals surface area (Å²) in [5, 5.41) is 20.3. The van der Waals surface area contributed by atoms with E-state index >= 15 is 0 Å². The summed E-state index contributed by atoms with van der Waals surface area (Å²) in [5.41, 5.74) is -0.645. The summed E-state index contributed by atoms with van der Waals surface area (Å²) in [6, 6.07) is 5.34. The quantitative estimate of drug-likeness (QED) is 0.647. The maximum atomic E-state index is 13.5. The number of pyridine rings is 2. The van der Waals surface area contributed by atoms with Gasteiger partial charge in [0.05, 0.1) is 17.7 Å². The summed E-state index contributed by atoms with van der Waals surface area (Å²) < 4.78 is 40.6. The van der Waals surface area contributed by atoms with Crippen molar-refractivity contribution in [1.82, 2.24) is 20.2 Å². The summed E-state index contributed by atoms with van der Waals surface area (Å²) >= 11 is 0. The van der Waals surface area contributed by atoms with Crippen molar-refractivity contribution in [2.24, 2.45) is 0 Å². The molecule has 3 N–H and O–H groups in total. The Bertz CT molecular complexity index is 956. The fourth-order valence-corrected chi connectivity index (χ4v) is 3.45. The summed E-state index contributed by atoms with van der Waals surface area (Å²) in [5.74, 6) is 0.281. The number of nitrogens with zero attached hydrogens (tertiary/aromatic N) is 3. The molecular weight excluding hydrogens is 359 g/mol. The number of anilines is 1. The molecule has 27 heavy (non-hydrogen) atoms. The number of halogens is 3. The van der Waals surface area contributed by atoms with Gasteiger partial charge < -0.3 is 10.4 Å². The number of aromatic nitrogens is 4. The topological polar surface area (TPSA) is 86.7 Å². The van der Waals surface area contributed by atoms with Crippen molar-refractivity contribution in [3.8, 4) is 11.4 Å². The maximum Gasteiger partial charge on any atom is 0.418 e. The number of H-pyrrole nitrogens is 1. The van der Waals surface area contributed by atoms with E-state index in [9.17, 15) is 18.3 Å². The molecule has 1 aliphatic carbocycles. The van der Waals surface area contributed by atoms with E-state index in [4.69, 9.17) is 0 Å². The van der Waals surface area contributed by atoms with Crippen LogP contribution in [0, 0.1) is 0 Å². The number of nitrogens with one attached hydrogen (secondary N) is 2. The van der Waals surface area contributed by atoms with E-state index in [2.05, 4.69) is 25.5 Å². The zero-order chi connectivity index (χ0) is 19.0. The number of hydrogen-bond acceptors (Lipinski definition) is 5. The van der Waals surface area contributed by atoms with Crippen molar-refractivity contribution in [3.05, 3.63) is 36.0 Å². The normalized spacial score (nSPS) is 20.7. The number of aromatic amines is 1. The number of rotatable bonds is 3. The van der Waals surface area contributed by atoms with Gasteiger partial charge in [-0.2, -0.15) is 18.3 Å². The van der Waals surface area contributed by atoms with Gasteiger partial charge in [0.1, 0.15) is 17.2 Å². The third-order valence-electron chi connectivity index (χ3n) is 4.82. The molecule has 9 heteroatoms. The molecule has 3 aromatic rings. The van der Waals surface area contributed by atoms with Crippen LogP contribution in [0.15, 0.2) is 30.5 Å². The first-order chi connectivity index (χ1) is 12.9. The minimum absolute atomic E-state index is 0.0956. The van der Waals surface area contributed by atoms with Crippen molar-refractivity contribution in [3.63, 3.8) is 0 Å². The second kappa shape index (κ2) is 6.80. The molecule has 0 spiro atoms. The first-order valence-electron chi connectivity index (χ1n) is 8.76. The molecule has 3 heterocycles. The summed E-state index contributed by atoms with van der Waals surface area (Å²) in [7, 11) is 0. The minimum atomic E-state index is -4.57. The Kier molecular flexibility index (Phi) is 4.47. The molecule has 0 aromatic carbocycles. The van der Waals surface area contributed by atoms with Crippen LogP contribution in [0.4, 0.5) is 19.0 Å². The molecule has 6 nitrogen and oxygen atoms in total. The SMILES string of the molecule is OC1CCCCC1Nc1ccc(C(F)(F)F)c(-c2n[nH]c3ncccc23)n1. The standard InChI is InChI=1S/C18H18F3N5O/c19-18(20,21)11-7-8-14(23-12-5-1-2-6-13(12)27)24-16(11)15-10-4-3-9-22-17(10)26-25-15/h3-4,7-9,12-13,27H,1-2,5-6H2,(H,23,24)(H,22,25,26). The zero-order valence-corrected chi connectivity index (χ0v) is 14.3. The van der Waals surface area contributed by atoms with Crippen molar-refractivity contribution < 1.29 is 18.3 Å². The fourth-order valence-electron chi connectivity index (χ4n) is 3.45. The highest BCUT2D eigenvalue weighted by molar-refractivity contribution is 5.90. The summed E-state index contributed by atoms with van der Waals surface area (Å²) in [6.45, 7) is 0. The molecule has 0 bridgehead atoms. The molecule has 3 aromatic heterocycles. The predicted molar refractivity (Wildman–Crippen MR) is 94.0 cm³/mol. The lowest BCUT2D eigenvalue weighted by atomic mass is 9.92. The van der Waals surface area contributed by atoms with Gasteiger partial charge in [-0.15, -0.1) is 0 Å². The fraction of sp³-hybridized carbons (Fsp3) is 0.389. The molecule has 2 unspecified atom stereocenters. The van der Waals surface area contributed by atoms with Gasteiger partial charge in [-0.3, -0.25) is 5.10 Å². The van der Waals surface area contributed by atoms with Crippen LogP contribution in [-0.2, 0) is 6.18 Å². The number of aliphatic hydroxyl groups is 1. The number of aliphatic hydroxyl groups excluding tert-OH is 1. The molecular formula is C18H18F3N5O. The van der Waals surface area contributed by atoms with E-state index < -0.39 is 17.8 Å². The highest BCUT2D eigenvalue weighted by Crippen LogP contribution is 2.38. The average molecular weight is 377 g/mol. The minimum Gasteiger partial charge on any atom is -0.391 e. The average Bonchev–Trinajstić information content (AvgIpc) is 3.07. The maximum absolute atomic E-state index is 13.5.